The number of esters is 1. The maximum absolute atomic E-state index is 13.9. The molecule has 2 aliphatic heterocycles. The molecule has 19 nitrogen and oxygen atoms in total. The number of carbonyl (C=O) groups excluding carboxylic acids is 1. The van der Waals surface area contributed by atoms with E-state index in [0.717, 1.165) is 19.1 Å². The summed E-state index contributed by atoms with van der Waals surface area (Å²) in [4.78, 5) is 25.2. The van der Waals surface area contributed by atoms with Crippen LogP contribution in [-0.4, -0.2) is 141 Å². The van der Waals surface area contributed by atoms with E-state index >= 15 is 0 Å². The Morgan fingerprint density at radius 2 is 1.46 bits per heavy atom. The minimum absolute atomic E-state index is 0.0183. The van der Waals surface area contributed by atoms with Crippen LogP contribution in [0.4, 0.5) is 0 Å². The third-order valence-electron chi connectivity index (χ3n) is 8.13. The fourth-order valence-electron chi connectivity index (χ4n) is 5.54. The minimum atomic E-state index is -2.07. The summed E-state index contributed by atoms with van der Waals surface area (Å²) in [6.07, 6.45) is -18.2. The average Bonchev–Trinajstić information content (AvgIpc) is 3.07. The number of carbonyl (C=O) groups is 1. The van der Waals surface area contributed by atoms with E-state index in [1.54, 1.807) is 0 Å². The molecule has 50 heavy (non-hydrogen) atoms. The molecule has 3 aromatic rings. The van der Waals surface area contributed by atoms with Crippen molar-refractivity contribution in [2.24, 2.45) is 0 Å². The molecule has 0 radical (unpaired) electrons. The molecule has 10 atom stereocenters. The SMILES string of the molecule is COc1cc(-c2oc3cc(O)cc(O)c3c(=O)c2O[C@@H]2O[C@H](CO)[C@H](O)[C@H](O[C@@H]3O[C@H](COC(C)=O)[C@@H](O)[C@H](O)[C@H]3O)[C@H]2O)cc(OC)c1O. The van der Waals surface area contributed by atoms with Crippen molar-refractivity contribution in [3.63, 3.8) is 0 Å². The Morgan fingerprint density at radius 1 is 0.820 bits per heavy atom. The van der Waals surface area contributed by atoms with Crippen LogP contribution in [0.1, 0.15) is 6.92 Å². The number of methoxy groups -OCH3 is 2. The van der Waals surface area contributed by atoms with Gasteiger partial charge in [0.15, 0.2) is 23.5 Å². The first-order valence-corrected chi connectivity index (χ1v) is 15.0. The number of rotatable bonds is 10. The van der Waals surface area contributed by atoms with Gasteiger partial charge in [0.05, 0.1) is 20.8 Å². The van der Waals surface area contributed by atoms with Crippen molar-refractivity contribution in [3.8, 4) is 45.8 Å². The van der Waals surface area contributed by atoms with E-state index in [4.69, 9.17) is 37.6 Å². The third-order valence-corrected chi connectivity index (χ3v) is 8.13. The predicted molar refractivity (Wildman–Crippen MR) is 163 cm³/mol. The smallest absolute Gasteiger partial charge is 0.302 e. The normalized spacial score (nSPS) is 29.8. The maximum atomic E-state index is 13.9. The summed E-state index contributed by atoms with van der Waals surface area (Å²) >= 11 is 0. The standard InChI is InChI=1S/C31H36O19/c1-10(33)45-9-18-21(37)24(40)25(41)30(48-18)49-28-22(38)17(8-32)47-31(26(28)42)50-29-23(39)19-13(35)6-12(34)7-14(19)46-27(29)11-4-15(43-2)20(36)16(5-11)44-3/h4-7,17-18,21-22,24-26,28,30-32,34-38,40-42H,8-9H2,1-3H3/t17-,18-,21-,22+,24+,25-,26-,28+,30+,31+/m1/s1. The molecule has 0 amide bonds. The second kappa shape index (κ2) is 14.8. The zero-order valence-corrected chi connectivity index (χ0v) is 26.6. The molecule has 2 saturated heterocycles. The van der Waals surface area contributed by atoms with Crippen LogP contribution in [0, 0.1) is 0 Å². The first-order chi connectivity index (χ1) is 23.7. The largest absolute Gasteiger partial charge is 0.508 e. The molecule has 5 rings (SSSR count). The molecule has 1 aromatic heterocycles. The van der Waals surface area contributed by atoms with Crippen LogP contribution in [0.3, 0.4) is 0 Å². The van der Waals surface area contributed by atoms with Gasteiger partial charge in [0.25, 0.3) is 0 Å². The molecule has 0 unspecified atom stereocenters. The Kier molecular flexibility index (Phi) is 10.9. The summed E-state index contributed by atoms with van der Waals surface area (Å²) in [5.74, 6) is -3.75. The number of aromatic hydroxyl groups is 3. The number of ether oxygens (including phenoxy) is 7. The van der Waals surface area contributed by atoms with Gasteiger partial charge >= 0.3 is 5.97 Å². The van der Waals surface area contributed by atoms with Crippen LogP contribution < -0.4 is 19.6 Å². The van der Waals surface area contributed by atoms with Crippen LogP contribution in [0.25, 0.3) is 22.3 Å². The van der Waals surface area contributed by atoms with Crippen molar-refractivity contribution in [2.75, 3.05) is 27.4 Å². The van der Waals surface area contributed by atoms with E-state index < -0.39 is 120 Å². The van der Waals surface area contributed by atoms with Gasteiger partial charge in [0, 0.05) is 24.6 Å². The van der Waals surface area contributed by atoms with Gasteiger partial charge in [-0.1, -0.05) is 0 Å². The quantitative estimate of drug-likeness (QED) is 0.104. The zero-order chi connectivity index (χ0) is 36.6. The number of hydrogen-bond acceptors (Lipinski definition) is 19. The fraction of sp³-hybridized carbons (Fsp3) is 0.484. The Morgan fingerprint density at radius 3 is 2.06 bits per heavy atom. The van der Waals surface area contributed by atoms with Gasteiger partial charge in [0.2, 0.25) is 23.2 Å². The van der Waals surface area contributed by atoms with Crippen molar-refractivity contribution in [2.45, 2.75) is 68.3 Å². The minimum Gasteiger partial charge on any atom is -0.508 e. The second-order valence-corrected chi connectivity index (χ2v) is 11.4. The Bertz CT molecular complexity index is 1730. The molecule has 274 valence electrons. The first kappa shape index (κ1) is 36.8. The number of hydrogen-bond donors (Lipinski definition) is 9. The van der Waals surface area contributed by atoms with Crippen molar-refractivity contribution < 1.29 is 88.3 Å². The highest BCUT2D eigenvalue weighted by Gasteiger charge is 2.52. The first-order valence-electron chi connectivity index (χ1n) is 15.0. The molecule has 0 bridgehead atoms. The number of aliphatic hydroxyl groups excluding tert-OH is 6. The Balaban J connectivity index is 1.56. The lowest BCUT2D eigenvalue weighted by atomic mass is 9.97. The van der Waals surface area contributed by atoms with E-state index in [2.05, 4.69) is 0 Å². The van der Waals surface area contributed by atoms with Gasteiger partial charge in [0.1, 0.15) is 77.9 Å². The Hall–Kier alpha value is -4.44. The highest BCUT2D eigenvalue weighted by atomic mass is 16.7. The summed E-state index contributed by atoms with van der Waals surface area (Å²) in [5, 5.41) is 94.3. The van der Waals surface area contributed by atoms with E-state index in [1.165, 1.54) is 26.4 Å². The number of fused-ring (bicyclic) bond motifs is 1. The van der Waals surface area contributed by atoms with Crippen LogP contribution in [0.5, 0.6) is 34.5 Å². The number of aliphatic hydroxyl groups is 6. The molecule has 2 fully saturated rings. The van der Waals surface area contributed by atoms with Crippen LogP contribution >= 0.6 is 0 Å². The lowest BCUT2D eigenvalue weighted by Gasteiger charge is -2.45. The third kappa shape index (κ3) is 6.95. The molecule has 9 N–H and O–H groups in total. The van der Waals surface area contributed by atoms with Gasteiger partial charge < -0.3 is 83.5 Å². The average molecular weight is 713 g/mol. The second-order valence-electron chi connectivity index (χ2n) is 11.4. The molecular weight excluding hydrogens is 676 g/mol. The van der Waals surface area contributed by atoms with Crippen molar-refractivity contribution in [1.82, 2.24) is 0 Å². The molecule has 0 saturated carbocycles. The van der Waals surface area contributed by atoms with Gasteiger partial charge in [-0.2, -0.15) is 0 Å². The number of phenolic OH excluding ortho intramolecular Hbond substituents is 3. The maximum Gasteiger partial charge on any atom is 0.302 e. The van der Waals surface area contributed by atoms with Crippen molar-refractivity contribution >= 4 is 16.9 Å². The van der Waals surface area contributed by atoms with Gasteiger partial charge in [-0.05, 0) is 12.1 Å². The van der Waals surface area contributed by atoms with E-state index in [-0.39, 0.29) is 22.6 Å². The van der Waals surface area contributed by atoms with E-state index in [1.807, 2.05) is 0 Å². The topological polar surface area (TPSA) is 294 Å². The lowest BCUT2D eigenvalue weighted by molar-refractivity contribution is -0.353. The highest BCUT2D eigenvalue weighted by Crippen LogP contribution is 2.44. The monoisotopic (exact) mass is 712 g/mol. The van der Waals surface area contributed by atoms with Crippen LogP contribution in [-0.2, 0) is 23.7 Å². The molecule has 2 aromatic carbocycles. The fourth-order valence-corrected chi connectivity index (χ4v) is 5.54. The van der Waals surface area contributed by atoms with Gasteiger partial charge in [-0.25, -0.2) is 0 Å². The van der Waals surface area contributed by atoms with E-state index in [9.17, 15) is 55.5 Å². The van der Waals surface area contributed by atoms with Crippen molar-refractivity contribution in [1.29, 1.82) is 0 Å². The lowest BCUT2D eigenvalue weighted by Crippen LogP contribution is -2.65. The molecule has 3 heterocycles. The molecule has 19 heteroatoms. The molecule has 0 aliphatic carbocycles. The summed E-state index contributed by atoms with van der Waals surface area (Å²) in [5.41, 5.74) is -1.39. The summed E-state index contributed by atoms with van der Waals surface area (Å²) in [6.45, 7) is -0.383. The predicted octanol–water partition coefficient (Wildman–Crippen LogP) is -1.83. The van der Waals surface area contributed by atoms with Crippen LogP contribution in [0.15, 0.2) is 33.5 Å². The zero-order valence-electron chi connectivity index (χ0n) is 26.6. The summed E-state index contributed by atoms with van der Waals surface area (Å²) in [7, 11) is 2.47. The highest BCUT2D eigenvalue weighted by molar-refractivity contribution is 5.88. The van der Waals surface area contributed by atoms with Crippen molar-refractivity contribution in [3.05, 3.63) is 34.5 Å². The molecule has 0 spiro atoms. The number of benzene rings is 2. The van der Waals surface area contributed by atoms with Gasteiger partial charge in [-0.15, -0.1) is 0 Å². The number of phenols is 3. The van der Waals surface area contributed by atoms with Crippen LogP contribution in [0.2, 0.25) is 0 Å². The molecule has 2 aliphatic rings. The van der Waals surface area contributed by atoms with Gasteiger partial charge in [-0.3, -0.25) is 9.59 Å². The molecular formula is C31H36O19. The summed E-state index contributed by atoms with van der Waals surface area (Å²) < 4.78 is 43.7. The van der Waals surface area contributed by atoms with E-state index in [0.29, 0.717) is 0 Å². The summed E-state index contributed by atoms with van der Waals surface area (Å²) in [6, 6.07) is 4.35. The Labute approximate surface area is 281 Å².